The molecule has 2 aromatic rings. The Labute approximate surface area is 115 Å². The van der Waals surface area contributed by atoms with Crippen LogP contribution in [0.25, 0.3) is 0 Å². The third kappa shape index (κ3) is 4.49. The summed E-state index contributed by atoms with van der Waals surface area (Å²) in [5, 5.41) is 3.47. The lowest BCUT2D eigenvalue weighted by Crippen LogP contribution is -2.17. The second-order valence-electron chi connectivity index (χ2n) is 5.05. The number of nitrogens with one attached hydrogen (secondary N) is 1. The molecule has 0 saturated heterocycles. The summed E-state index contributed by atoms with van der Waals surface area (Å²) in [6.07, 6.45) is 1.15. The Morgan fingerprint density at radius 2 is 1.84 bits per heavy atom. The van der Waals surface area contributed by atoms with Crippen LogP contribution in [0.2, 0.25) is 0 Å². The second-order valence-corrected chi connectivity index (χ2v) is 5.05. The third-order valence-electron chi connectivity index (χ3n) is 3.37. The Morgan fingerprint density at radius 1 is 1.05 bits per heavy atom. The monoisotopic (exact) mass is 254 g/mol. The Bertz CT molecular complexity index is 494. The summed E-state index contributed by atoms with van der Waals surface area (Å²) in [5.41, 5.74) is 3.61. The molecule has 0 aliphatic carbocycles. The van der Waals surface area contributed by atoms with Crippen molar-refractivity contribution < 1.29 is 0 Å². The lowest BCUT2D eigenvalue weighted by Gasteiger charge is -2.12. The number of benzene rings is 1. The molecule has 2 rings (SSSR count). The van der Waals surface area contributed by atoms with Crippen LogP contribution in [0.4, 0.5) is 0 Å². The first-order chi connectivity index (χ1) is 9.25. The average Bonchev–Trinajstić information content (AvgIpc) is 2.44. The average molecular weight is 254 g/mol. The Hall–Kier alpha value is -1.67. The van der Waals surface area contributed by atoms with E-state index in [2.05, 4.69) is 59.7 Å². The van der Waals surface area contributed by atoms with Crippen LogP contribution in [0.5, 0.6) is 0 Å². The third-order valence-corrected chi connectivity index (χ3v) is 3.37. The van der Waals surface area contributed by atoms with E-state index in [1.807, 2.05) is 13.0 Å². The Morgan fingerprint density at radius 3 is 2.58 bits per heavy atom. The molecule has 0 amide bonds. The maximum atomic E-state index is 4.49. The maximum Gasteiger partial charge on any atom is 0.0544 e. The molecule has 1 aromatic heterocycles. The summed E-state index contributed by atoms with van der Waals surface area (Å²) in [7, 11) is 0. The van der Waals surface area contributed by atoms with Gasteiger partial charge >= 0.3 is 0 Å². The molecular weight excluding hydrogens is 232 g/mol. The van der Waals surface area contributed by atoms with Crippen molar-refractivity contribution in [2.75, 3.05) is 6.54 Å². The molecule has 0 radical (unpaired) electrons. The number of hydrogen-bond acceptors (Lipinski definition) is 2. The number of nitrogens with zero attached hydrogens (tertiary/aromatic N) is 1. The van der Waals surface area contributed by atoms with Crippen LogP contribution < -0.4 is 5.32 Å². The quantitative estimate of drug-likeness (QED) is 0.796. The minimum absolute atomic E-state index is 0.596. The highest BCUT2D eigenvalue weighted by Gasteiger charge is 2.04. The van der Waals surface area contributed by atoms with E-state index in [-0.39, 0.29) is 0 Å². The van der Waals surface area contributed by atoms with E-state index < -0.39 is 0 Å². The highest BCUT2D eigenvalue weighted by molar-refractivity contribution is 5.18. The number of pyridine rings is 1. The normalized spacial score (nSPS) is 12.3. The zero-order chi connectivity index (χ0) is 13.5. The van der Waals surface area contributed by atoms with Gasteiger partial charge < -0.3 is 5.32 Å². The fourth-order valence-corrected chi connectivity index (χ4v) is 2.18. The zero-order valence-corrected chi connectivity index (χ0v) is 11.8. The molecule has 1 aromatic carbocycles. The van der Waals surface area contributed by atoms with Gasteiger partial charge in [-0.05, 0) is 43.5 Å². The second kappa shape index (κ2) is 7.05. The van der Waals surface area contributed by atoms with Gasteiger partial charge in [-0.25, -0.2) is 0 Å². The van der Waals surface area contributed by atoms with Crippen molar-refractivity contribution in [3.05, 3.63) is 65.5 Å². The van der Waals surface area contributed by atoms with Crippen LogP contribution >= 0.6 is 0 Å². The molecular formula is C17H22N2. The zero-order valence-electron chi connectivity index (χ0n) is 11.8. The summed E-state index contributed by atoms with van der Waals surface area (Å²) in [4.78, 5) is 4.49. The molecule has 1 unspecified atom stereocenters. The number of aromatic nitrogens is 1. The SMILES string of the molecule is Cc1cccc(CNCCC(C)c2ccccc2)n1. The van der Waals surface area contributed by atoms with Gasteiger partial charge in [0.2, 0.25) is 0 Å². The van der Waals surface area contributed by atoms with Crippen LogP contribution in [0, 0.1) is 6.92 Å². The minimum Gasteiger partial charge on any atom is -0.311 e. The molecule has 19 heavy (non-hydrogen) atoms. The van der Waals surface area contributed by atoms with E-state index in [0.29, 0.717) is 5.92 Å². The van der Waals surface area contributed by atoms with Gasteiger partial charge in [0, 0.05) is 12.2 Å². The van der Waals surface area contributed by atoms with Crippen molar-refractivity contribution in [1.82, 2.24) is 10.3 Å². The molecule has 2 nitrogen and oxygen atoms in total. The van der Waals surface area contributed by atoms with Gasteiger partial charge in [0.25, 0.3) is 0 Å². The van der Waals surface area contributed by atoms with E-state index in [0.717, 1.165) is 30.9 Å². The van der Waals surface area contributed by atoms with Gasteiger partial charge in [-0.2, -0.15) is 0 Å². The molecule has 0 fully saturated rings. The highest BCUT2D eigenvalue weighted by atomic mass is 14.9. The number of hydrogen-bond donors (Lipinski definition) is 1. The molecule has 2 heteroatoms. The molecule has 0 saturated carbocycles. The van der Waals surface area contributed by atoms with Gasteiger partial charge in [-0.15, -0.1) is 0 Å². The van der Waals surface area contributed by atoms with Crippen molar-refractivity contribution in [3.63, 3.8) is 0 Å². The summed E-state index contributed by atoms with van der Waals surface area (Å²) in [6, 6.07) is 16.8. The van der Waals surface area contributed by atoms with Crippen molar-refractivity contribution in [3.8, 4) is 0 Å². The topological polar surface area (TPSA) is 24.9 Å². The van der Waals surface area contributed by atoms with Crippen molar-refractivity contribution >= 4 is 0 Å². The van der Waals surface area contributed by atoms with Crippen LogP contribution in [-0.4, -0.2) is 11.5 Å². The Kier molecular flexibility index (Phi) is 5.10. The molecule has 0 bridgehead atoms. The minimum atomic E-state index is 0.596. The van der Waals surface area contributed by atoms with Crippen molar-refractivity contribution in [1.29, 1.82) is 0 Å². The highest BCUT2D eigenvalue weighted by Crippen LogP contribution is 2.17. The van der Waals surface area contributed by atoms with Crippen LogP contribution in [0.1, 0.15) is 36.2 Å². The van der Waals surface area contributed by atoms with Gasteiger partial charge in [-0.1, -0.05) is 43.3 Å². The molecule has 0 aliphatic heterocycles. The smallest absolute Gasteiger partial charge is 0.0544 e. The molecule has 1 atom stereocenters. The lowest BCUT2D eigenvalue weighted by molar-refractivity contribution is 0.589. The first-order valence-electron chi connectivity index (χ1n) is 6.94. The first kappa shape index (κ1) is 13.8. The first-order valence-corrected chi connectivity index (χ1v) is 6.94. The predicted octanol–water partition coefficient (Wildman–Crippen LogP) is 3.67. The van der Waals surface area contributed by atoms with Gasteiger partial charge in [0.15, 0.2) is 0 Å². The van der Waals surface area contributed by atoms with Crippen molar-refractivity contribution in [2.24, 2.45) is 0 Å². The molecule has 0 aliphatic rings. The van der Waals surface area contributed by atoms with E-state index in [4.69, 9.17) is 0 Å². The van der Waals surface area contributed by atoms with E-state index in [1.54, 1.807) is 0 Å². The van der Waals surface area contributed by atoms with E-state index in [1.165, 1.54) is 5.56 Å². The van der Waals surface area contributed by atoms with E-state index in [9.17, 15) is 0 Å². The summed E-state index contributed by atoms with van der Waals surface area (Å²) in [5.74, 6) is 0.596. The standard InChI is InChI=1S/C17H22N2/c1-14(16-8-4-3-5-9-16)11-12-18-13-17-10-6-7-15(2)19-17/h3-10,14,18H,11-13H2,1-2H3. The van der Waals surface area contributed by atoms with Crippen LogP contribution in [0.3, 0.4) is 0 Å². The summed E-state index contributed by atoms with van der Waals surface area (Å²) >= 11 is 0. The largest absolute Gasteiger partial charge is 0.311 e. The van der Waals surface area contributed by atoms with Gasteiger partial charge in [0.05, 0.1) is 5.69 Å². The van der Waals surface area contributed by atoms with Gasteiger partial charge in [-0.3, -0.25) is 4.98 Å². The fraction of sp³-hybridized carbons (Fsp3) is 0.353. The molecule has 1 heterocycles. The number of aryl methyl sites for hydroxylation is 1. The number of rotatable bonds is 6. The molecule has 100 valence electrons. The Balaban J connectivity index is 1.72. The van der Waals surface area contributed by atoms with Gasteiger partial charge in [0.1, 0.15) is 0 Å². The van der Waals surface area contributed by atoms with Crippen LogP contribution in [0.15, 0.2) is 48.5 Å². The van der Waals surface area contributed by atoms with E-state index >= 15 is 0 Å². The molecule has 0 spiro atoms. The summed E-state index contributed by atoms with van der Waals surface area (Å²) in [6.45, 7) is 6.18. The fourth-order valence-electron chi connectivity index (χ4n) is 2.18. The summed E-state index contributed by atoms with van der Waals surface area (Å²) < 4.78 is 0. The predicted molar refractivity (Wildman–Crippen MR) is 80.2 cm³/mol. The maximum absolute atomic E-state index is 4.49. The molecule has 1 N–H and O–H groups in total. The van der Waals surface area contributed by atoms with Crippen LogP contribution in [-0.2, 0) is 6.54 Å². The lowest BCUT2D eigenvalue weighted by atomic mass is 9.98. The van der Waals surface area contributed by atoms with Crippen molar-refractivity contribution in [2.45, 2.75) is 32.7 Å².